The van der Waals surface area contributed by atoms with Crippen molar-refractivity contribution in [3.05, 3.63) is 84.4 Å². The zero-order valence-corrected chi connectivity index (χ0v) is 22.1. The number of aromatic nitrogens is 4. The van der Waals surface area contributed by atoms with Crippen LogP contribution in [0.25, 0.3) is 55.1 Å². The van der Waals surface area contributed by atoms with Gasteiger partial charge in [-0.15, -0.1) is 0 Å². The van der Waals surface area contributed by atoms with Crippen LogP contribution in [-0.4, -0.2) is 38.4 Å². The Hall–Kier alpha value is -3.96. The van der Waals surface area contributed by atoms with E-state index in [1.165, 1.54) is 52.3 Å². The SMILES string of the molecule is CCCCc1nc2ccc(-c3ccc4cc(-c5ccc6nc(C7CCCN7C)[nH]c6c5)ccc4c3)cc2[nH]1. The molecule has 190 valence electrons. The molecular formula is C33H33N5. The lowest BCUT2D eigenvalue weighted by Gasteiger charge is -2.16. The number of nitrogens with one attached hydrogen (secondary N) is 2. The second kappa shape index (κ2) is 9.41. The van der Waals surface area contributed by atoms with Crippen molar-refractivity contribution in [1.29, 1.82) is 0 Å². The summed E-state index contributed by atoms with van der Waals surface area (Å²) in [6.07, 6.45) is 5.75. The molecule has 1 aliphatic heterocycles. The molecule has 0 radical (unpaired) electrons. The van der Waals surface area contributed by atoms with Gasteiger partial charge in [0.2, 0.25) is 0 Å². The summed E-state index contributed by atoms with van der Waals surface area (Å²) < 4.78 is 0. The van der Waals surface area contributed by atoms with Gasteiger partial charge in [0.15, 0.2) is 0 Å². The number of unbranched alkanes of at least 4 members (excludes halogenated alkanes) is 1. The number of H-pyrrole nitrogens is 2. The fraction of sp³-hybridized carbons (Fsp3) is 0.273. The molecule has 1 atom stereocenters. The van der Waals surface area contributed by atoms with E-state index in [-0.39, 0.29) is 0 Å². The molecule has 5 heteroatoms. The molecule has 0 aliphatic carbocycles. The fourth-order valence-corrected chi connectivity index (χ4v) is 5.93. The van der Waals surface area contributed by atoms with Gasteiger partial charge in [-0.05, 0) is 102 Å². The number of fused-ring (bicyclic) bond motifs is 3. The molecule has 0 bridgehead atoms. The van der Waals surface area contributed by atoms with Crippen LogP contribution in [-0.2, 0) is 6.42 Å². The first kappa shape index (κ1) is 23.2. The lowest BCUT2D eigenvalue weighted by Crippen LogP contribution is -2.18. The van der Waals surface area contributed by atoms with Crippen molar-refractivity contribution in [2.75, 3.05) is 13.6 Å². The van der Waals surface area contributed by atoms with E-state index in [1.807, 2.05) is 0 Å². The molecule has 1 unspecified atom stereocenters. The highest BCUT2D eigenvalue weighted by molar-refractivity contribution is 5.93. The van der Waals surface area contributed by atoms with E-state index in [0.29, 0.717) is 6.04 Å². The molecule has 2 N–H and O–H groups in total. The minimum Gasteiger partial charge on any atom is -0.342 e. The second-order valence-electron chi connectivity index (χ2n) is 10.8. The lowest BCUT2D eigenvalue weighted by molar-refractivity contribution is 0.307. The van der Waals surface area contributed by atoms with Crippen molar-refractivity contribution >= 4 is 32.8 Å². The summed E-state index contributed by atoms with van der Waals surface area (Å²) in [4.78, 5) is 19.2. The Bertz CT molecular complexity index is 1780. The van der Waals surface area contributed by atoms with E-state index in [1.54, 1.807) is 0 Å². The highest BCUT2D eigenvalue weighted by Gasteiger charge is 2.25. The van der Waals surface area contributed by atoms with Gasteiger partial charge in [-0.2, -0.15) is 0 Å². The van der Waals surface area contributed by atoms with E-state index < -0.39 is 0 Å². The maximum absolute atomic E-state index is 4.90. The number of nitrogens with zero attached hydrogens (tertiary/aromatic N) is 3. The summed E-state index contributed by atoms with van der Waals surface area (Å²) in [6, 6.07) is 27.0. The number of rotatable bonds is 6. The summed E-state index contributed by atoms with van der Waals surface area (Å²) >= 11 is 0. The van der Waals surface area contributed by atoms with Crippen molar-refractivity contribution in [2.24, 2.45) is 0 Å². The van der Waals surface area contributed by atoms with Gasteiger partial charge in [-0.3, -0.25) is 4.90 Å². The maximum atomic E-state index is 4.90. The van der Waals surface area contributed by atoms with Crippen LogP contribution in [0.4, 0.5) is 0 Å². The number of aromatic amines is 2. The Morgan fingerprint density at radius 3 is 2.00 bits per heavy atom. The number of benzene rings is 4. The summed E-state index contributed by atoms with van der Waals surface area (Å²) in [5.74, 6) is 2.18. The van der Waals surface area contributed by atoms with Crippen molar-refractivity contribution in [3.63, 3.8) is 0 Å². The third-order valence-electron chi connectivity index (χ3n) is 8.14. The minimum absolute atomic E-state index is 0.401. The maximum Gasteiger partial charge on any atom is 0.124 e. The van der Waals surface area contributed by atoms with Crippen molar-refractivity contribution in [3.8, 4) is 22.3 Å². The highest BCUT2D eigenvalue weighted by atomic mass is 15.2. The summed E-state index contributed by atoms with van der Waals surface area (Å²) in [5.41, 5.74) is 9.17. The molecule has 1 saturated heterocycles. The van der Waals surface area contributed by atoms with E-state index in [9.17, 15) is 0 Å². The normalized spacial score (nSPS) is 16.3. The van der Waals surface area contributed by atoms with Gasteiger partial charge < -0.3 is 9.97 Å². The molecule has 0 saturated carbocycles. The number of imidazole rings is 2. The first-order chi connectivity index (χ1) is 18.6. The molecule has 6 aromatic rings. The molecule has 0 amide bonds. The van der Waals surface area contributed by atoms with Gasteiger partial charge in [-0.1, -0.05) is 49.7 Å². The Balaban J connectivity index is 1.18. The number of hydrogen-bond donors (Lipinski definition) is 2. The van der Waals surface area contributed by atoms with Crippen LogP contribution < -0.4 is 0 Å². The lowest BCUT2D eigenvalue weighted by atomic mass is 9.97. The standard InChI is InChI=1S/C33H33N5/c1-3-4-7-32-34-27-14-12-25(19-29(27)35-32)23-10-8-22-18-24(11-9-21(22)17-23)26-13-15-28-30(20-26)37-33(36-28)31-6-5-16-38(31)2/h8-15,17-20,31H,3-7,16H2,1-2H3,(H,34,35)(H,36,37). The Kier molecular flexibility index (Phi) is 5.74. The number of likely N-dealkylation sites (tertiary alicyclic amines) is 1. The highest BCUT2D eigenvalue weighted by Crippen LogP contribution is 2.33. The molecule has 5 nitrogen and oxygen atoms in total. The van der Waals surface area contributed by atoms with Crippen LogP contribution in [0.3, 0.4) is 0 Å². The Labute approximate surface area is 222 Å². The predicted octanol–water partition coefficient (Wildman–Crippen LogP) is 8.04. The predicted molar refractivity (Wildman–Crippen MR) is 157 cm³/mol. The molecule has 3 heterocycles. The van der Waals surface area contributed by atoms with Gasteiger partial charge >= 0.3 is 0 Å². The third kappa shape index (κ3) is 4.17. The summed E-state index contributed by atoms with van der Waals surface area (Å²) in [7, 11) is 2.19. The van der Waals surface area contributed by atoms with Crippen molar-refractivity contribution in [1.82, 2.24) is 24.8 Å². The van der Waals surface area contributed by atoms with Gasteiger partial charge in [0.05, 0.1) is 28.1 Å². The molecule has 1 aliphatic rings. The summed E-state index contributed by atoms with van der Waals surface area (Å²) in [5, 5.41) is 2.49. The first-order valence-electron chi connectivity index (χ1n) is 13.9. The molecule has 0 spiro atoms. The number of hydrogen-bond acceptors (Lipinski definition) is 3. The molecule has 2 aromatic heterocycles. The molecule has 1 fully saturated rings. The van der Waals surface area contributed by atoms with Crippen LogP contribution in [0.2, 0.25) is 0 Å². The van der Waals surface area contributed by atoms with Crippen LogP contribution in [0, 0.1) is 0 Å². The van der Waals surface area contributed by atoms with E-state index in [2.05, 4.69) is 102 Å². The van der Waals surface area contributed by atoms with Crippen molar-refractivity contribution in [2.45, 2.75) is 45.1 Å². The van der Waals surface area contributed by atoms with Crippen molar-refractivity contribution < 1.29 is 0 Å². The average molecular weight is 500 g/mol. The molecule has 4 aromatic carbocycles. The second-order valence-corrected chi connectivity index (χ2v) is 10.8. The van der Waals surface area contributed by atoms with Crippen LogP contribution in [0.1, 0.15) is 50.3 Å². The number of aryl methyl sites for hydroxylation is 1. The van der Waals surface area contributed by atoms with Gasteiger partial charge in [-0.25, -0.2) is 9.97 Å². The summed E-state index contributed by atoms with van der Waals surface area (Å²) in [6.45, 7) is 3.36. The van der Waals surface area contributed by atoms with E-state index >= 15 is 0 Å². The molecule has 38 heavy (non-hydrogen) atoms. The zero-order valence-electron chi connectivity index (χ0n) is 22.1. The van der Waals surface area contributed by atoms with Crippen LogP contribution >= 0.6 is 0 Å². The van der Waals surface area contributed by atoms with Crippen LogP contribution in [0.15, 0.2) is 72.8 Å². The smallest absolute Gasteiger partial charge is 0.124 e. The minimum atomic E-state index is 0.401. The topological polar surface area (TPSA) is 60.6 Å². The Morgan fingerprint density at radius 1 is 0.763 bits per heavy atom. The van der Waals surface area contributed by atoms with E-state index in [4.69, 9.17) is 9.97 Å². The molecule has 7 rings (SSSR count). The Morgan fingerprint density at radius 2 is 1.37 bits per heavy atom. The average Bonchev–Trinajstić information content (AvgIpc) is 3.67. The van der Waals surface area contributed by atoms with Gasteiger partial charge in [0.25, 0.3) is 0 Å². The third-order valence-corrected chi connectivity index (χ3v) is 8.14. The largest absolute Gasteiger partial charge is 0.342 e. The van der Waals surface area contributed by atoms with Gasteiger partial charge in [0.1, 0.15) is 11.6 Å². The van der Waals surface area contributed by atoms with E-state index in [0.717, 1.165) is 53.1 Å². The quantitative estimate of drug-likeness (QED) is 0.244. The fourth-order valence-electron chi connectivity index (χ4n) is 5.93. The molecular weight excluding hydrogens is 466 g/mol. The first-order valence-corrected chi connectivity index (χ1v) is 13.9. The monoisotopic (exact) mass is 499 g/mol. The van der Waals surface area contributed by atoms with Gasteiger partial charge in [0, 0.05) is 6.42 Å². The zero-order chi connectivity index (χ0) is 25.6. The van der Waals surface area contributed by atoms with Crippen LogP contribution in [0.5, 0.6) is 0 Å².